The Balaban J connectivity index is 4.10. The Morgan fingerprint density at radius 3 is 2.04 bits per heavy atom. The molecule has 0 aliphatic carbocycles. The average molecular weight is 383 g/mol. The molecule has 0 amide bonds. The van der Waals surface area contributed by atoms with Crippen LogP contribution in [-0.2, 0) is 9.53 Å². The SMILES string of the molecule is CCCCCCCC(=O)OC[C@H](O)[C@H](O)[C@@H](O)C(SCC)SCC. The first-order valence-electron chi connectivity index (χ1n) is 8.90. The fourth-order valence-electron chi connectivity index (χ4n) is 2.18. The lowest BCUT2D eigenvalue weighted by atomic mass is 10.1. The molecular formula is C17H34O5S2. The number of aliphatic hydroxyl groups excluding tert-OH is 3. The molecule has 7 heteroatoms. The van der Waals surface area contributed by atoms with E-state index in [0.717, 1.165) is 37.2 Å². The Labute approximate surface area is 154 Å². The summed E-state index contributed by atoms with van der Waals surface area (Å²) in [7, 11) is 0. The summed E-state index contributed by atoms with van der Waals surface area (Å²) in [5.74, 6) is 1.25. The molecule has 0 aliphatic rings. The summed E-state index contributed by atoms with van der Waals surface area (Å²) in [6, 6.07) is 0. The van der Waals surface area contributed by atoms with E-state index in [2.05, 4.69) is 6.92 Å². The molecule has 0 saturated heterocycles. The molecule has 0 spiro atoms. The third kappa shape index (κ3) is 10.8. The fourth-order valence-corrected chi connectivity index (χ4v) is 4.76. The summed E-state index contributed by atoms with van der Waals surface area (Å²) in [6.45, 7) is 5.81. The van der Waals surface area contributed by atoms with Gasteiger partial charge < -0.3 is 20.1 Å². The van der Waals surface area contributed by atoms with Gasteiger partial charge in [-0.3, -0.25) is 4.79 Å². The maximum Gasteiger partial charge on any atom is 0.305 e. The van der Waals surface area contributed by atoms with Crippen LogP contribution >= 0.6 is 23.5 Å². The van der Waals surface area contributed by atoms with E-state index in [0.29, 0.717) is 6.42 Å². The molecule has 0 aromatic heterocycles. The molecule has 0 aliphatic heterocycles. The van der Waals surface area contributed by atoms with E-state index < -0.39 is 18.3 Å². The second-order valence-corrected chi connectivity index (χ2v) is 8.81. The lowest BCUT2D eigenvalue weighted by Crippen LogP contribution is -2.44. The van der Waals surface area contributed by atoms with E-state index in [1.165, 1.54) is 29.9 Å². The molecule has 0 heterocycles. The van der Waals surface area contributed by atoms with Gasteiger partial charge in [-0.05, 0) is 17.9 Å². The maximum atomic E-state index is 11.6. The maximum absolute atomic E-state index is 11.6. The van der Waals surface area contributed by atoms with Crippen molar-refractivity contribution < 1.29 is 24.9 Å². The van der Waals surface area contributed by atoms with Gasteiger partial charge in [-0.25, -0.2) is 0 Å². The molecule has 144 valence electrons. The van der Waals surface area contributed by atoms with Gasteiger partial charge in [0.2, 0.25) is 0 Å². The van der Waals surface area contributed by atoms with Crippen molar-refractivity contribution in [1.82, 2.24) is 0 Å². The number of rotatable bonds is 15. The van der Waals surface area contributed by atoms with Crippen LogP contribution in [-0.4, -0.2) is 62.3 Å². The van der Waals surface area contributed by atoms with Crippen molar-refractivity contribution in [1.29, 1.82) is 0 Å². The summed E-state index contributed by atoms with van der Waals surface area (Å²) in [5, 5.41) is 30.2. The predicted molar refractivity (Wildman–Crippen MR) is 102 cm³/mol. The minimum Gasteiger partial charge on any atom is -0.463 e. The van der Waals surface area contributed by atoms with Crippen LogP contribution in [0.3, 0.4) is 0 Å². The molecule has 0 aromatic rings. The van der Waals surface area contributed by atoms with Gasteiger partial charge in [-0.15, -0.1) is 23.5 Å². The van der Waals surface area contributed by atoms with E-state index >= 15 is 0 Å². The van der Waals surface area contributed by atoms with Crippen molar-refractivity contribution in [3.63, 3.8) is 0 Å². The smallest absolute Gasteiger partial charge is 0.305 e. The van der Waals surface area contributed by atoms with Crippen LogP contribution in [0.25, 0.3) is 0 Å². The van der Waals surface area contributed by atoms with E-state index in [1.54, 1.807) is 0 Å². The summed E-state index contributed by atoms with van der Waals surface area (Å²) in [6.07, 6.45) is 1.88. The summed E-state index contributed by atoms with van der Waals surface area (Å²) < 4.78 is 4.80. The second kappa shape index (κ2) is 15.3. The second-order valence-electron chi connectivity index (χ2n) is 5.67. The monoisotopic (exact) mass is 382 g/mol. The Kier molecular flexibility index (Phi) is 15.3. The Hall–Kier alpha value is 0.0500. The molecule has 0 radical (unpaired) electrons. The van der Waals surface area contributed by atoms with Gasteiger partial charge >= 0.3 is 5.97 Å². The Morgan fingerprint density at radius 2 is 1.50 bits per heavy atom. The average Bonchev–Trinajstić information content (AvgIpc) is 2.58. The molecule has 3 atom stereocenters. The first-order valence-corrected chi connectivity index (χ1v) is 11.0. The standard InChI is InChI=1S/C17H34O5S2/c1-4-7-8-9-10-11-14(19)22-12-13(18)15(20)16(21)17(23-5-2)24-6-3/h13,15-18,20-21H,4-12H2,1-3H3/t13-,15-,16+/m0/s1. The highest BCUT2D eigenvalue weighted by Gasteiger charge is 2.32. The molecule has 0 saturated carbocycles. The lowest BCUT2D eigenvalue weighted by Gasteiger charge is -2.28. The van der Waals surface area contributed by atoms with Crippen molar-refractivity contribution in [3.8, 4) is 0 Å². The number of hydrogen-bond donors (Lipinski definition) is 3. The van der Waals surface area contributed by atoms with Crippen molar-refractivity contribution in [2.75, 3.05) is 18.1 Å². The third-order valence-corrected chi connectivity index (χ3v) is 6.28. The van der Waals surface area contributed by atoms with Crippen LogP contribution in [0, 0.1) is 0 Å². The van der Waals surface area contributed by atoms with Crippen molar-refractivity contribution >= 4 is 29.5 Å². The van der Waals surface area contributed by atoms with Crippen molar-refractivity contribution in [2.24, 2.45) is 0 Å². The van der Waals surface area contributed by atoms with E-state index in [1.807, 2.05) is 13.8 Å². The lowest BCUT2D eigenvalue weighted by molar-refractivity contribution is -0.151. The predicted octanol–water partition coefficient (Wildman–Crippen LogP) is 2.81. The zero-order valence-electron chi connectivity index (χ0n) is 15.1. The van der Waals surface area contributed by atoms with Gasteiger partial charge in [0.05, 0.1) is 4.58 Å². The van der Waals surface area contributed by atoms with Crippen molar-refractivity contribution in [2.45, 2.75) is 82.2 Å². The molecular weight excluding hydrogens is 348 g/mol. The normalized spacial score (nSPS) is 15.3. The summed E-state index contributed by atoms with van der Waals surface area (Å²) in [4.78, 5) is 11.6. The molecule has 24 heavy (non-hydrogen) atoms. The molecule has 0 aromatic carbocycles. The number of esters is 1. The quantitative estimate of drug-likeness (QED) is 0.228. The van der Waals surface area contributed by atoms with Gasteiger partial charge in [0.15, 0.2) is 0 Å². The van der Waals surface area contributed by atoms with Crippen LogP contribution in [0.4, 0.5) is 0 Å². The number of thioether (sulfide) groups is 2. The highest BCUT2D eigenvalue weighted by atomic mass is 32.2. The van der Waals surface area contributed by atoms with E-state index in [4.69, 9.17) is 4.74 Å². The summed E-state index contributed by atoms with van der Waals surface area (Å²) >= 11 is 3.06. The Morgan fingerprint density at radius 1 is 0.917 bits per heavy atom. The number of ether oxygens (including phenoxy) is 1. The van der Waals surface area contributed by atoms with Crippen LogP contribution in [0.2, 0.25) is 0 Å². The zero-order chi connectivity index (χ0) is 18.4. The molecule has 0 bridgehead atoms. The first kappa shape index (κ1) is 24.1. The van der Waals surface area contributed by atoms with Crippen LogP contribution in [0.5, 0.6) is 0 Å². The molecule has 0 fully saturated rings. The molecule has 3 N–H and O–H groups in total. The van der Waals surface area contributed by atoms with Crippen LogP contribution in [0.1, 0.15) is 59.3 Å². The molecule has 0 unspecified atom stereocenters. The topological polar surface area (TPSA) is 87.0 Å². The van der Waals surface area contributed by atoms with Gasteiger partial charge in [-0.2, -0.15) is 0 Å². The van der Waals surface area contributed by atoms with Gasteiger partial charge in [0.1, 0.15) is 24.9 Å². The van der Waals surface area contributed by atoms with Gasteiger partial charge in [0.25, 0.3) is 0 Å². The first-order chi connectivity index (χ1) is 11.5. The Bertz CT molecular complexity index is 311. The minimum atomic E-state index is -1.33. The highest BCUT2D eigenvalue weighted by molar-refractivity contribution is 8.17. The number of aliphatic hydroxyl groups is 3. The number of carbonyl (C=O) groups is 1. The summed E-state index contributed by atoms with van der Waals surface area (Å²) in [5.41, 5.74) is 0. The van der Waals surface area contributed by atoms with Gasteiger partial charge in [-0.1, -0.05) is 46.5 Å². The van der Waals surface area contributed by atoms with E-state index in [-0.39, 0.29) is 17.2 Å². The van der Waals surface area contributed by atoms with Crippen LogP contribution < -0.4 is 0 Å². The number of carbonyl (C=O) groups excluding carboxylic acids is 1. The molecule has 0 rings (SSSR count). The largest absolute Gasteiger partial charge is 0.463 e. The van der Waals surface area contributed by atoms with Gasteiger partial charge in [0, 0.05) is 6.42 Å². The zero-order valence-corrected chi connectivity index (χ0v) is 16.8. The van der Waals surface area contributed by atoms with Crippen LogP contribution in [0.15, 0.2) is 0 Å². The molecule has 5 nitrogen and oxygen atoms in total. The van der Waals surface area contributed by atoms with Crippen molar-refractivity contribution in [3.05, 3.63) is 0 Å². The number of hydrogen-bond acceptors (Lipinski definition) is 7. The number of unbranched alkanes of at least 4 members (excludes halogenated alkanes) is 4. The minimum absolute atomic E-state index is 0.209. The third-order valence-electron chi connectivity index (χ3n) is 3.58. The fraction of sp³-hybridized carbons (Fsp3) is 0.941. The highest BCUT2D eigenvalue weighted by Crippen LogP contribution is 2.28. The van der Waals surface area contributed by atoms with E-state index in [9.17, 15) is 20.1 Å².